The van der Waals surface area contributed by atoms with Crippen LogP contribution >= 0.6 is 0 Å². The molecule has 4 amide bonds. The predicted octanol–water partition coefficient (Wildman–Crippen LogP) is 5.49. The molecule has 246 valence electrons. The first kappa shape index (κ1) is 35.4. The molecule has 2 atom stereocenters. The van der Waals surface area contributed by atoms with Gasteiger partial charge in [0.2, 0.25) is 5.91 Å². The van der Waals surface area contributed by atoms with Crippen molar-refractivity contribution in [1.82, 2.24) is 20.9 Å². The van der Waals surface area contributed by atoms with Crippen LogP contribution in [0, 0.1) is 0 Å². The molecular weight excluding hydrogens is 588 g/mol. The van der Waals surface area contributed by atoms with E-state index in [9.17, 15) is 24.3 Å². The molecule has 0 aliphatic carbocycles. The molecule has 11 heteroatoms. The molecule has 0 aliphatic rings. The molecule has 0 saturated carbocycles. The van der Waals surface area contributed by atoms with Crippen LogP contribution in [0.5, 0.6) is 0 Å². The second-order valence-electron chi connectivity index (χ2n) is 11.9. The molecule has 3 aromatic carbocycles. The Morgan fingerprint density at radius 2 is 1.35 bits per heavy atom. The van der Waals surface area contributed by atoms with Crippen molar-refractivity contribution in [1.29, 1.82) is 0 Å². The number of hydrogen-bond acceptors (Lipinski definition) is 6. The zero-order valence-electron chi connectivity index (χ0n) is 26.6. The Kier molecular flexibility index (Phi) is 13.9. The van der Waals surface area contributed by atoms with Crippen LogP contribution in [-0.2, 0) is 33.8 Å². The van der Waals surface area contributed by atoms with Gasteiger partial charge in [0, 0.05) is 19.6 Å². The van der Waals surface area contributed by atoms with Gasteiger partial charge in [-0.15, -0.1) is 0 Å². The van der Waals surface area contributed by atoms with E-state index in [0.717, 1.165) is 16.7 Å². The van der Waals surface area contributed by atoms with Gasteiger partial charge in [-0.25, -0.2) is 14.4 Å². The van der Waals surface area contributed by atoms with Gasteiger partial charge in [-0.3, -0.25) is 4.79 Å². The Balaban J connectivity index is 1.65. The van der Waals surface area contributed by atoms with Crippen molar-refractivity contribution in [2.75, 3.05) is 13.1 Å². The summed E-state index contributed by atoms with van der Waals surface area (Å²) < 4.78 is 10.8. The molecule has 0 aromatic heterocycles. The molecular formula is C35H44N4O7. The molecule has 0 saturated heterocycles. The Labute approximate surface area is 270 Å². The van der Waals surface area contributed by atoms with Crippen LogP contribution in [0.15, 0.2) is 91.0 Å². The molecule has 0 spiro atoms. The number of hydrogen-bond donors (Lipinski definition) is 4. The van der Waals surface area contributed by atoms with Gasteiger partial charge in [0.15, 0.2) is 0 Å². The molecule has 0 radical (unpaired) electrons. The molecule has 0 unspecified atom stereocenters. The predicted molar refractivity (Wildman–Crippen MR) is 174 cm³/mol. The Morgan fingerprint density at radius 3 is 1.91 bits per heavy atom. The van der Waals surface area contributed by atoms with Gasteiger partial charge in [-0.05, 0) is 56.7 Å². The lowest BCUT2D eigenvalue weighted by Crippen LogP contribution is -2.52. The third-order valence-electron chi connectivity index (χ3n) is 6.80. The van der Waals surface area contributed by atoms with E-state index in [2.05, 4.69) is 16.0 Å². The largest absolute Gasteiger partial charge is 0.465 e. The van der Waals surface area contributed by atoms with Crippen molar-refractivity contribution in [3.05, 3.63) is 108 Å². The van der Waals surface area contributed by atoms with Crippen molar-refractivity contribution < 1.29 is 33.8 Å². The zero-order chi connectivity index (χ0) is 33.4. The van der Waals surface area contributed by atoms with Crippen LogP contribution < -0.4 is 16.0 Å². The molecule has 3 rings (SSSR count). The summed E-state index contributed by atoms with van der Waals surface area (Å²) in [7, 11) is 0. The standard InChI is InChI=1S/C35H44N4O7/c1-35(2,3)46-33(42)38-30(20-13-21-39(34(43)44)24-27-16-9-5-10-17-27)31(40)36-23-29(22-26-14-7-4-8-15-26)37-32(41)45-25-28-18-11-6-12-19-28/h4-12,14-19,29-30H,13,20-25H2,1-3H3,(H,36,40)(H,37,41)(H,38,42)(H,43,44)/t29-,30-/m1/s1. The first-order chi connectivity index (χ1) is 22.0. The molecule has 3 aromatic rings. The fourth-order valence-corrected chi connectivity index (χ4v) is 4.60. The molecule has 0 aliphatic heterocycles. The van der Waals surface area contributed by atoms with Crippen LogP contribution in [0.2, 0.25) is 0 Å². The van der Waals surface area contributed by atoms with Crippen LogP contribution in [0.1, 0.15) is 50.3 Å². The molecule has 0 bridgehead atoms. The van der Waals surface area contributed by atoms with Gasteiger partial charge in [0.05, 0.1) is 6.04 Å². The smallest absolute Gasteiger partial charge is 0.408 e. The van der Waals surface area contributed by atoms with Gasteiger partial charge >= 0.3 is 18.3 Å². The lowest BCUT2D eigenvalue weighted by atomic mass is 10.1. The monoisotopic (exact) mass is 632 g/mol. The summed E-state index contributed by atoms with van der Waals surface area (Å²) in [6, 6.07) is 26.5. The minimum absolute atomic E-state index is 0.0515. The lowest BCUT2D eigenvalue weighted by Gasteiger charge is -2.25. The highest BCUT2D eigenvalue weighted by Crippen LogP contribution is 2.11. The highest BCUT2D eigenvalue weighted by Gasteiger charge is 2.26. The Bertz CT molecular complexity index is 1380. The average molecular weight is 633 g/mol. The van der Waals surface area contributed by atoms with E-state index < -0.39 is 41.9 Å². The maximum atomic E-state index is 13.4. The average Bonchev–Trinajstić information content (AvgIpc) is 3.02. The van der Waals surface area contributed by atoms with Crippen molar-refractivity contribution in [3.63, 3.8) is 0 Å². The van der Waals surface area contributed by atoms with E-state index >= 15 is 0 Å². The van der Waals surface area contributed by atoms with Gasteiger partial charge in [-0.1, -0.05) is 91.0 Å². The highest BCUT2D eigenvalue weighted by molar-refractivity contribution is 5.85. The lowest BCUT2D eigenvalue weighted by molar-refractivity contribution is -0.123. The number of nitrogens with zero attached hydrogens (tertiary/aromatic N) is 1. The highest BCUT2D eigenvalue weighted by atomic mass is 16.6. The summed E-state index contributed by atoms with van der Waals surface area (Å²) in [5.74, 6) is -0.492. The number of ether oxygens (including phenoxy) is 2. The maximum Gasteiger partial charge on any atom is 0.408 e. The van der Waals surface area contributed by atoms with Gasteiger partial charge in [0.1, 0.15) is 18.2 Å². The normalized spacial score (nSPS) is 12.2. The number of carboxylic acid groups (broad SMARTS) is 1. The van der Waals surface area contributed by atoms with Crippen LogP contribution in [0.3, 0.4) is 0 Å². The molecule has 46 heavy (non-hydrogen) atoms. The Hall–Kier alpha value is -5.06. The first-order valence-corrected chi connectivity index (χ1v) is 15.3. The molecule has 4 N–H and O–H groups in total. The summed E-state index contributed by atoms with van der Waals surface area (Å²) >= 11 is 0. The van der Waals surface area contributed by atoms with E-state index in [0.29, 0.717) is 12.8 Å². The molecule has 11 nitrogen and oxygen atoms in total. The first-order valence-electron chi connectivity index (χ1n) is 15.3. The van der Waals surface area contributed by atoms with Gasteiger partial charge in [-0.2, -0.15) is 0 Å². The summed E-state index contributed by atoms with van der Waals surface area (Å²) in [5, 5.41) is 18.0. The van der Waals surface area contributed by atoms with Crippen molar-refractivity contribution in [2.24, 2.45) is 0 Å². The van der Waals surface area contributed by atoms with Gasteiger partial charge < -0.3 is 35.4 Å². The van der Waals surface area contributed by atoms with Crippen LogP contribution in [0.25, 0.3) is 0 Å². The topological polar surface area (TPSA) is 146 Å². The van der Waals surface area contributed by atoms with Crippen molar-refractivity contribution in [3.8, 4) is 0 Å². The minimum atomic E-state index is -1.08. The maximum absolute atomic E-state index is 13.4. The third-order valence-corrected chi connectivity index (χ3v) is 6.80. The van der Waals surface area contributed by atoms with Crippen molar-refractivity contribution in [2.45, 2.75) is 70.9 Å². The number of nitrogens with one attached hydrogen (secondary N) is 3. The number of rotatable bonds is 15. The third kappa shape index (κ3) is 13.7. The fourth-order valence-electron chi connectivity index (χ4n) is 4.60. The minimum Gasteiger partial charge on any atom is -0.465 e. The second kappa shape index (κ2) is 18.0. The van der Waals surface area contributed by atoms with Crippen LogP contribution in [0.4, 0.5) is 14.4 Å². The quantitative estimate of drug-likeness (QED) is 0.173. The van der Waals surface area contributed by atoms with E-state index in [4.69, 9.17) is 9.47 Å². The zero-order valence-corrected chi connectivity index (χ0v) is 26.6. The van der Waals surface area contributed by atoms with E-state index in [-0.39, 0.29) is 32.7 Å². The second-order valence-corrected chi connectivity index (χ2v) is 11.9. The van der Waals surface area contributed by atoms with Gasteiger partial charge in [0.25, 0.3) is 0 Å². The number of benzene rings is 3. The van der Waals surface area contributed by atoms with E-state index in [1.54, 1.807) is 20.8 Å². The summed E-state index contributed by atoms with van der Waals surface area (Å²) in [4.78, 5) is 51.9. The molecule has 0 fully saturated rings. The Morgan fingerprint density at radius 1 is 0.783 bits per heavy atom. The fraction of sp³-hybridized carbons (Fsp3) is 0.371. The van der Waals surface area contributed by atoms with Crippen molar-refractivity contribution >= 4 is 24.2 Å². The number of carbonyl (C=O) groups excluding carboxylic acids is 3. The number of amides is 4. The molecule has 0 heterocycles. The number of carbonyl (C=O) groups is 4. The van der Waals surface area contributed by atoms with E-state index in [1.807, 2.05) is 91.0 Å². The summed E-state index contributed by atoms with van der Waals surface area (Å²) in [6.45, 7) is 5.63. The summed E-state index contributed by atoms with van der Waals surface area (Å²) in [5.41, 5.74) is 1.84. The number of alkyl carbamates (subject to hydrolysis) is 2. The van der Waals surface area contributed by atoms with Crippen LogP contribution in [-0.4, -0.2) is 65.0 Å². The summed E-state index contributed by atoms with van der Waals surface area (Å²) in [6.07, 6.45) is -1.62. The SMILES string of the molecule is CC(C)(C)OC(=O)N[C@H](CCCN(Cc1ccccc1)C(=O)O)C(=O)NC[C@@H](Cc1ccccc1)NC(=O)OCc1ccccc1. The van der Waals surface area contributed by atoms with E-state index in [1.165, 1.54) is 4.90 Å².